The summed E-state index contributed by atoms with van der Waals surface area (Å²) in [5, 5.41) is 4.27. The lowest BCUT2D eigenvalue weighted by Gasteiger charge is -2.18. The van der Waals surface area contributed by atoms with Gasteiger partial charge in [0.2, 0.25) is 0 Å². The van der Waals surface area contributed by atoms with Crippen LogP contribution in [0.3, 0.4) is 0 Å². The quantitative estimate of drug-likeness (QED) is 0.764. The highest BCUT2D eigenvalue weighted by Gasteiger charge is 2.32. The van der Waals surface area contributed by atoms with Gasteiger partial charge in [-0.05, 0) is 28.9 Å². The molecule has 0 fully saturated rings. The molecule has 3 rings (SSSR count). The molecule has 0 N–H and O–H groups in total. The molecule has 1 aliphatic heterocycles. The number of aryl methyl sites for hydroxylation is 1. The number of aromatic nitrogens is 2. The van der Waals surface area contributed by atoms with Crippen LogP contribution in [-0.2, 0) is 28.3 Å². The van der Waals surface area contributed by atoms with Gasteiger partial charge in [-0.15, -0.1) is 0 Å². The SMILES string of the molecule is CCOC(=O)c1nn(C)c2c1CS(=O)c1c(Br)cccc1-2. The van der Waals surface area contributed by atoms with Crippen LogP contribution in [0.5, 0.6) is 0 Å². The monoisotopic (exact) mass is 368 g/mol. The predicted molar refractivity (Wildman–Crippen MR) is 82.4 cm³/mol. The fraction of sp³-hybridized carbons (Fsp3) is 0.286. The summed E-state index contributed by atoms with van der Waals surface area (Å²) in [5.41, 5.74) is 2.62. The molecule has 0 saturated heterocycles. The second-order valence-electron chi connectivity index (χ2n) is 4.63. The summed E-state index contributed by atoms with van der Waals surface area (Å²) in [4.78, 5) is 12.8. The first-order chi connectivity index (χ1) is 10.0. The molecule has 0 saturated carbocycles. The Morgan fingerprint density at radius 2 is 2.29 bits per heavy atom. The van der Waals surface area contributed by atoms with E-state index in [2.05, 4.69) is 21.0 Å². The van der Waals surface area contributed by atoms with E-state index in [9.17, 15) is 9.00 Å². The first kappa shape index (κ1) is 14.5. The van der Waals surface area contributed by atoms with Crippen molar-refractivity contribution in [1.82, 2.24) is 9.78 Å². The van der Waals surface area contributed by atoms with E-state index < -0.39 is 16.8 Å². The molecule has 0 bridgehead atoms. The fourth-order valence-electron chi connectivity index (χ4n) is 2.53. The van der Waals surface area contributed by atoms with Crippen molar-refractivity contribution in [3.05, 3.63) is 33.9 Å². The smallest absolute Gasteiger partial charge is 0.359 e. The minimum Gasteiger partial charge on any atom is -0.461 e. The Bertz CT molecular complexity index is 770. The number of benzene rings is 1. The molecule has 0 radical (unpaired) electrons. The Morgan fingerprint density at radius 1 is 1.52 bits per heavy atom. The average molecular weight is 369 g/mol. The average Bonchev–Trinajstić information content (AvgIpc) is 2.76. The highest BCUT2D eigenvalue weighted by atomic mass is 79.9. The summed E-state index contributed by atoms with van der Waals surface area (Å²) in [7, 11) is 0.565. The third kappa shape index (κ3) is 2.24. The standard InChI is InChI=1S/C14H13BrN2O3S/c1-3-20-14(18)11-9-7-21(19)13-8(5-4-6-10(13)15)12(9)17(2)16-11/h4-6H,3,7H2,1-2H3. The summed E-state index contributed by atoms with van der Waals surface area (Å²) in [6.07, 6.45) is 0. The zero-order chi connectivity index (χ0) is 15.1. The summed E-state index contributed by atoms with van der Waals surface area (Å²) in [5.74, 6) is -0.197. The van der Waals surface area contributed by atoms with Crippen molar-refractivity contribution in [2.24, 2.45) is 7.05 Å². The summed E-state index contributed by atoms with van der Waals surface area (Å²) < 4.78 is 20.0. The molecule has 1 aromatic heterocycles. The number of hydrogen-bond acceptors (Lipinski definition) is 4. The Hall–Kier alpha value is -1.47. The normalized spacial score (nSPS) is 16.2. The molecule has 110 valence electrons. The first-order valence-corrected chi connectivity index (χ1v) is 8.56. The van der Waals surface area contributed by atoms with Gasteiger partial charge in [0.1, 0.15) is 0 Å². The van der Waals surface area contributed by atoms with Crippen molar-refractivity contribution in [2.45, 2.75) is 17.6 Å². The van der Waals surface area contributed by atoms with Crippen LogP contribution in [0.15, 0.2) is 27.6 Å². The van der Waals surface area contributed by atoms with Crippen LogP contribution in [0, 0.1) is 0 Å². The molecule has 1 aliphatic rings. The Balaban J connectivity index is 2.24. The molecule has 5 nitrogen and oxygen atoms in total. The first-order valence-electron chi connectivity index (χ1n) is 6.44. The molecule has 7 heteroatoms. The summed E-state index contributed by atoms with van der Waals surface area (Å²) in [6.45, 7) is 2.03. The van der Waals surface area contributed by atoms with Crippen LogP contribution in [0.2, 0.25) is 0 Å². The van der Waals surface area contributed by atoms with Gasteiger partial charge in [0.25, 0.3) is 0 Å². The Kier molecular flexibility index (Phi) is 3.71. The predicted octanol–water partition coefficient (Wildman–Crippen LogP) is 2.65. The van der Waals surface area contributed by atoms with E-state index in [-0.39, 0.29) is 18.1 Å². The number of nitrogens with zero attached hydrogens (tertiary/aromatic N) is 2. The van der Waals surface area contributed by atoms with Crippen LogP contribution < -0.4 is 0 Å². The summed E-state index contributed by atoms with van der Waals surface area (Å²) in [6, 6.07) is 5.64. The van der Waals surface area contributed by atoms with Crippen molar-refractivity contribution in [1.29, 1.82) is 0 Å². The summed E-state index contributed by atoms with van der Waals surface area (Å²) >= 11 is 3.45. The Labute approximate surface area is 132 Å². The molecule has 0 amide bonds. The molecule has 21 heavy (non-hydrogen) atoms. The van der Waals surface area contributed by atoms with Crippen molar-refractivity contribution >= 4 is 32.7 Å². The lowest BCUT2D eigenvalue weighted by atomic mass is 10.1. The lowest BCUT2D eigenvalue weighted by molar-refractivity contribution is 0.0517. The van der Waals surface area contributed by atoms with Gasteiger partial charge >= 0.3 is 5.97 Å². The van der Waals surface area contributed by atoms with Crippen LogP contribution in [0.1, 0.15) is 23.0 Å². The number of carbonyl (C=O) groups is 1. The van der Waals surface area contributed by atoms with Gasteiger partial charge in [0.05, 0.1) is 33.7 Å². The molecule has 1 atom stereocenters. The van der Waals surface area contributed by atoms with Crippen molar-refractivity contribution in [3.63, 3.8) is 0 Å². The zero-order valence-electron chi connectivity index (χ0n) is 11.6. The van der Waals surface area contributed by atoms with Gasteiger partial charge in [-0.25, -0.2) is 4.79 Å². The number of rotatable bonds is 2. The Morgan fingerprint density at radius 3 is 3.00 bits per heavy atom. The highest BCUT2D eigenvalue weighted by molar-refractivity contribution is 9.10. The largest absolute Gasteiger partial charge is 0.461 e. The van der Waals surface area contributed by atoms with Gasteiger partial charge in [-0.3, -0.25) is 8.89 Å². The van der Waals surface area contributed by atoms with E-state index in [1.165, 1.54) is 0 Å². The van der Waals surface area contributed by atoms with E-state index in [0.717, 1.165) is 20.6 Å². The number of fused-ring (bicyclic) bond motifs is 3. The third-order valence-corrected chi connectivity index (χ3v) is 5.71. The van der Waals surface area contributed by atoms with E-state index >= 15 is 0 Å². The fourth-order valence-corrected chi connectivity index (χ4v) is 4.82. The molecule has 0 spiro atoms. The van der Waals surface area contributed by atoms with Crippen LogP contribution in [-0.4, -0.2) is 26.6 Å². The minimum absolute atomic E-state index is 0.258. The van der Waals surface area contributed by atoms with Crippen molar-refractivity contribution in [2.75, 3.05) is 6.61 Å². The van der Waals surface area contributed by atoms with Gasteiger partial charge in [0.15, 0.2) is 5.69 Å². The maximum Gasteiger partial charge on any atom is 0.359 e. The number of carbonyl (C=O) groups excluding carboxylic acids is 1. The number of hydrogen-bond donors (Lipinski definition) is 0. The molecule has 0 aliphatic carbocycles. The molecule has 2 aromatic rings. The zero-order valence-corrected chi connectivity index (χ0v) is 14.0. The van der Waals surface area contributed by atoms with Gasteiger partial charge in [-0.1, -0.05) is 12.1 Å². The van der Waals surface area contributed by atoms with Gasteiger partial charge in [0, 0.05) is 22.6 Å². The van der Waals surface area contributed by atoms with Gasteiger partial charge < -0.3 is 4.74 Å². The molecule has 2 heterocycles. The van der Waals surface area contributed by atoms with Crippen molar-refractivity contribution < 1.29 is 13.7 Å². The maximum absolute atomic E-state index is 12.5. The topological polar surface area (TPSA) is 61.2 Å². The number of halogens is 1. The number of esters is 1. The third-order valence-electron chi connectivity index (χ3n) is 3.34. The van der Waals surface area contributed by atoms with Crippen LogP contribution >= 0.6 is 15.9 Å². The molecule has 1 aromatic carbocycles. The minimum atomic E-state index is -1.21. The lowest BCUT2D eigenvalue weighted by Crippen LogP contribution is -2.12. The van der Waals surface area contributed by atoms with E-state index in [1.807, 2.05) is 18.2 Å². The van der Waals surface area contributed by atoms with E-state index in [0.29, 0.717) is 5.56 Å². The van der Waals surface area contributed by atoms with Crippen LogP contribution in [0.25, 0.3) is 11.3 Å². The second-order valence-corrected chi connectivity index (χ2v) is 6.87. The highest BCUT2D eigenvalue weighted by Crippen LogP contribution is 2.40. The molecular weight excluding hydrogens is 356 g/mol. The molecule has 1 unspecified atom stereocenters. The second kappa shape index (κ2) is 5.38. The van der Waals surface area contributed by atoms with E-state index in [1.54, 1.807) is 18.7 Å². The van der Waals surface area contributed by atoms with E-state index in [4.69, 9.17) is 4.74 Å². The van der Waals surface area contributed by atoms with Gasteiger partial charge in [-0.2, -0.15) is 5.10 Å². The molecular formula is C14H13BrN2O3S. The maximum atomic E-state index is 12.5. The van der Waals surface area contributed by atoms with Crippen molar-refractivity contribution in [3.8, 4) is 11.3 Å². The van der Waals surface area contributed by atoms with Crippen LogP contribution in [0.4, 0.5) is 0 Å². The number of ether oxygens (including phenoxy) is 1.